The molecule has 5 rings (SSSR count). The molecule has 0 aliphatic heterocycles. The summed E-state index contributed by atoms with van der Waals surface area (Å²) in [4.78, 5) is 7.84. The molecule has 3 aromatic carbocycles. The van der Waals surface area contributed by atoms with Crippen molar-refractivity contribution >= 4 is 34.3 Å². The number of nitrogens with one attached hydrogen (secondary N) is 1. The first-order chi connectivity index (χ1) is 17.7. The van der Waals surface area contributed by atoms with Crippen LogP contribution in [0.5, 0.6) is 5.75 Å². The Labute approximate surface area is 214 Å². The molecule has 5 aromatic rings. The second-order valence-corrected chi connectivity index (χ2v) is 8.74. The van der Waals surface area contributed by atoms with Crippen LogP contribution in [0.1, 0.15) is 31.2 Å². The Kier molecular flexibility index (Phi) is 6.83. The molecule has 0 atom stereocenters. The zero-order valence-electron chi connectivity index (χ0n) is 19.8. The van der Waals surface area contributed by atoms with Gasteiger partial charge in [0, 0.05) is 17.3 Å². The number of hydrogen-bond acceptors (Lipinski definition) is 4. The van der Waals surface area contributed by atoms with Gasteiger partial charge in [0.05, 0.1) is 33.9 Å². The highest BCUT2D eigenvalue weighted by molar-refractivity contribution is 6.32. The van der Waals surface area contributed by atoms with Gasteiger partial charge in [0.25, 0.3) is 0 Å². The fourth-order valence-corrected chi connectivity index (χ4v) is 4.15. The summed E-state index contributed by atoms with van der Waals surface area (Å²) < 4.78 is 7.62. The quantitative estimate of drug-likeness (QED) is 0.181. The van der Waals surface area contributed by atoms with Crippen LogP contribution in [0.15, 0.2) is 79.0 Å². The number of fused-ring (bicyclic) bond motifs is 1. The molecule has 2 aromatic heterocycles. The molecule has 0 aliphatic rings. The predicted molar refractivity (Wildman–Crippen MR) is 144 cm³/mol. The van der Waals surface area contributed by atoms with Gasteiger partial charge in [0.1, 0.15) is 23.3 Å². The summed E-state index contributed by atoms with van der Waals surface area (Å²) in [6, 6.07) is 25.5. The molecule has 36 heavy (non-hydrogen) atoms. The average Bonchev–Trinajstić information content (AvgIpc) is 3.53. The van der Waals surface area contributed by atoms with E-state index in [9.17, 15) is 5.26 Å². The Morgan fingerprint density at radius 1 is 1.11 bits per heavy atom. The SMILES string of the molecule is CCCCOc1ccc(-c2nn(-c3ccccc3)cc2/C=C(/C#N)c2nc3ccccc3[nH]2)cc1Cl. The van der Waals surface area contributed by atoms with Crippen molar-refractivity contribution < 1.29 is 4.74 Å². The summed E-state index contributed by atoms with van der Waals surface area (Å²) in [7, 11) is 0. The summed E-state index contributed by atoms with van der Waals surface area (Å²) in [5.74, 6) is 1.16. The molecule has 0 bridgehead atoms. The first-order valence-corrected chi connectivity index (χ1v) is 12.2. The second kappa shape index (κ2) is 10.5. The maximum atomic E-state index is 9.99. The van der Waals surface area contributed by atoms with Crippen molar-refractivity contribution in [1.82, 2.24) is 19.7 Å². The van der Waals surface area contributed by atoms with Crippen molar-refractivity contribution in [3.05, 3.63) is 95.4 Å². The van der Waals surface area contributed by atoms with Crippen LogP contribution < -0.4 is 4.74 Å². The van der Waals surface area contributed by atoms with Gasteiger partial charge < -0.3 is 9.72 Å². The number of nitrogens with zero attached hydrogens (tertiary/aromatic N) is 4. The molecule has 0 unspecified atom stereocenters. The number of nitriles is 1. The molecule has 0 amide bonds. The van der Waals surface area contributed by atoms with Crippen molar-refractivity contribution in [3.63, 3.8) is 0 Å². The number of ether oxygens (including phenoxy) is 1. The number of aromatic nitrogens is 4. The van der Waals surface area contributed by atoms with Crippen LogP contribution in [0.2, 0.25) is 5.02 Å². The Bertz CT molecular complexity index is 1540. The van der Waals surface area contributed by atoms with Crippen LogP contribution in [0.3, 0.4) is 0 Å². The summed E-state index contributed by atoms with van der Waals surface area (Å²) >= 11 is 6.57. The molecule has 0 spiro atoms. The summed E-state index contributed by atoms with van der Waals surface area (Å²) in [5, 5.41) is 15.4. The summed E-state index contributed by atoms with van der Waals surface area (Å²) in [6.45, 7) is 2.74. The number of aromatic amines is 1. The van der Waals surface area contributed by atoms with E-state index in [2.05, 4.69) is 23.0 Å². The first-order valence-electron chi connectivity index (χ1n) is 11.8. The molecule has 0 fully saturated rings. The number of H-pyrrole nitrogens is 1. The fraction of sp³-hybridized carbons (Fsp3) is 0.138. The summed E-state index contributed by atoms with van der Waals surface area (Å²) in [6.07, 6.45) is 5.73. The highest BCUT2D eigenvalue weighted by atomic mass is 35.5. The van der Waals surface area contributed by atoms with E-state index >= 15 is 0 Å². The lowest BCUT2D eigenvalue weighted by molar-refractivity contribution is 0.309. The van der Waals surface area contributed by atoms with Gasteiger partial charge in [-0.2, -0.15) is 10.4 Å². The third-order valence-electron chi connectivity index (χ3n) is 5.79. The molecule has 0 saturated heterocycles. The van der Waals surface area contributed by atoms with Crippen LogP contribution in [0.25, 0.3) is 39.6 Å². The van der Waals surface area contributed by atoms with Crippen molar-refractivity contribution in [2.45, 2.75) is 19.8 Å². The molecule has 0 saturated carbocycles. The highest BCUT2D eigenvalue weighted by Gasteiger charge is 2.16. The normalized spacial score (nSPS) is 11.5. The third kappa shape index (κ3) is 4.88. The van der Waals surface area contributed by atoms with E-state index in [4.69, 9.17) is 21.4 Å². The number of rotatable bonds is 8. The number of imidazole rings is 1. The maximum absolute atomic E-state index is 9.99. The van der Waals surface area contributed by atoms with Crippen molar-refractivity contribution in [1.29, 1.82) is 5.26 Å². The smallest absolute Gasteiger partial charge is 0.149 e. The van der Waals surface area contributed by atoms with Crippen molar-refractivity contribution in [2.75, 3.05) is 6.61 Å². The monoisotopic (exact) mass is 493 g/mol. The number of para-hydroxylation sites is 3. The molecule has 0 radical (unpaired) electrons. The molecule has 1 N–H and O–H groups in total. The highest BCUT2D eigenvalue weighted by Crippen LogP contribution is 2.33. The Balaban J connectivity index is 1.59. The van der Waals surface area contributed by atoms with Gasteiger partial charge in [0.2, 0.25) is 0 Å². The first kappa shape index (κ1) is 23.4. The van der Waals surface area contributed by atoms with Gasteiger partial charge in [-0.25, -0.2) is 9.67 Å². The van der Waals surface area contributed by atoms with Crippen molar-refractivity contribution in [2.24, 2.45) is 0 Å². The van der Waals surface area contributed by atoms with E-state index in [0.29, 0.717) is 34.5 Å². The van der Waals surface area contributed by atoms with Gasteiger partial charge >= 0.3 is 0 Å². The molecule has 7 heteroatoms. The largest absolute Gasteiger partial charge is 0.492 e. The summed E-state index contributed by atoms with van der Waals surface area (Å²) in [5.41, 5.74) is 5.29. The van der Waals surface area contributed by atoms with Gasteiger partial charge in [0.15, 0.2) is 0 Å². The van der Waals surface area contributed by atoms with Crippen LogP contribution >= 0.6 is 11.6 Å². The van der Waals surface area contributed by atoms with E-state index in [-0.39, 0.29) is 0 Å². The van der Waals surface area contributed by atoms with E-state index in [0.717, 1.165) is 40.7 Å². The number of unbranched alkanes of at least 4 members (excludes halogenated alkanes) is 1. The number of benzene rings is 3. The number of allylic oxidation sites excluding steroid dienone is 1. The van der Waals surface area contributed by atoms with Gasteiger partial charge in [-0.05, 0) is 55.0 Å². The van der Waals surface area contributed by atoms with Crippen molar-refractivity contribution in [3.8, 4) is 28.8 Å². The number of hydrogen-bond donors (Lipinski definition) is 1. The zero-order chi connectivity index (χ0) is 24.9. The molecule has 6 nitrogen and oxygen atoms in total. The van der Waals surface area contributed by atoms with Crippen LogP contribution in [0.4, 0.5) is 0 Å². The Morgan fingerprint density at radius 3 is 2.67 bits per heavy atom. The van der Waals surface area contributed by atoms with Gasteiger partial charge in [-0.15, -0.1) is 0 Å². The average molecular weight is 494 g/mol. The van der Waals surface area contributed by atoms with Gasteiger partial charge in [-0.1, -0.05) is 55.3 Å². The van der Waals surface area contributed by atoms with E-state index in [1.54, 1.807) is 10.8 Å². The molecular weight excluding hydrogens is 470 g/mol. The van der Waals surface area contributed by atoms with E-state index in [1.165, 1.54) is 0 Å². The Morgan fingerprint density at radius 2 is 1.92 bits per heavy atom. The Hall–Kier alpha value is -4.34. The third-order valence-corrected chi connectivity index (χ3v) is 6.08. The van der Waals surface area contributed by atoms with Crippen LogP contribution in [0, 0.1) is 11.3 Å². The molecular formula is C29H24ClN5O. The maximum Gasteiger partial charge on any atom is 0.149 e. The lowest BCUT2D eigenvalue weighted by Gasteiger charge is -2.09. The van der Waals surface area contributed by atoms with Gasteiger partial charge in [-0.3, -0.25) is 0 Å². The minimum Gasteiger partial charge on any atom is -0.492 e. The predicted octanol–water partition coefficient (Wildman–Crippen LogP) is 7.31. The number of halogens is 1. The minimum atomic E-state index is 0.408. The van der Waals surface area contributed by atoms with Crippen LogP contribution in [-0.2, 0) is 0 Å². The van der Waals surface area contributed by atoms with E-state index in [1.807, 2.05) is 79.0 Å². The van der Waals surface area contributed by atoms with E-state index < -0.39 is 0 Å². The lowest BCUT2D eigenvalue weighted by atomic mass is 10.1. The standard InChI is InChI=1S/C29H24ClN5O/c1-2-3-15-36-27-14-13-20(17-24(27)30)28-22(19-35(34-28)23-9-5-4-6-10-23)16-21(18-31)29-32-25-11-7-8-12-26(25)33-29/h4-14,16-17,19H,2-3,15H2,1H3,(H,32,33)/b21-16-. The fourth-order valence-electron chi connectivity index (χ4n) is 3.91. The second-order valence-electron chi connectivity index (χ2n) is 8.33. The minimum absolute atomic E-state index is 0.408. The van der Waals surface area contributed by atoms with Crippen LogP contribution in [-0.4, -0.2) is 26.4 Å². The lowest BCUT2D eigenvalue weighted by Crippen LogP contribution is -1.97. The zero-order valence-corrected chi connectivity index (χ0v) is 20.5. The topological polar surface area (TPSA) is 79.5 Å². The molecule has 2 heterocycles. The molecule has 0 aliphatic carbocycles. The molecule has 178 valence electrons.